The first-order valence-electron chi connectivity index (χ1n) is 7.54. The molecule has 3 N–H and O–H groups in total. The molecular weight excluding hydrogens is 272 g/mol. The van der Waals surface area contributed by atoms with E-state index in [1.165, 1.54) is 5.56 Å². The van der Waals surface area contributed by atoms with Gasteiger partial charge in [0.1, 0.15) is 5.82 Å². The maximum Gasteiger partial charge on any atom is 0.136 e. The Labute approximate surface area is 130 Å². The van der Waals surface area contributed by atoms with Crippen molar-refractivity contribution in [3.63, 3.8) is 0 Å². The maximum absolute atomic E-state index is 5.57. The molecule has 4 heteroatoms. The quantitative estimate of drug-likeness (QED) is 0.708. The molecule has 0 saturated heterocycles. The van der Waals surface area contributed by atoms with Gasteiger partial charge in [0.05, 0.1) is 11.2 Å². The predicted octanol–water partition coefficient (Wildman–Crippen LogP) is 3.37. The molecule has 3 aromatic rings. The fourth-order valence-electron chi connectivity index (χ4n) is 2.47. The highest BCUT2D eigenvalue weighted by Gasteiger charge is 2.08. The molecule has 0 unspecified atom stereocenters. The van der Waals surface area contributed by atoms with E-state index in [9.17, 15) is 0 Å². The minimum atomic E-state index is 0.667. The minimum absolute atomic E-state index is 0.667. The van der Waals surface area contributed by atoms with E-state index in [0.29, 0.717) is 6.54 Å². The van der Waals surface area contributed by atoms with Crippen LogP contribution in [-0.2, 0) is 0 Å². The van der Waals surface area contributed by atoms with E-state index in [4.69, 9.17) is 10.7 Å². The number of benzene rings is 1. The molecule has 1 aromatic carbocycles. The van der Waals surface area contributed by atoms with Gasteiger partial charge in [-0.05, 0) is 44.2 Å². The zero-order valence-corrected chi connectivity index (χ0v) is 12.7. The summed E-state index contributed by atoms with van der Waals surface area (Å²) in [6, 6.07) is 14.4. The van der Waals surface area contributed by atoms with Gasteiger partial charge >= 0.3 is 0 Å². The van der Waals surface area contributed by atoms with Crippen LogP contribution in [-0.4, -0.2) is 23.1 Å². The molecule has 22 heavy (non-hydrogen) atoms. The highest BCUT2D eigenvalue weighted by Crippen LogP contribution is 2.27. The largest absolute Gasteiger partial charge is 0.369 e. The first-order valence-corrected chi connectivity index (χ1v) is 7.54. The third-order valence-corrected chi connectivity index (χ3v) is 3.59. The summed E-state index contributed by atoms with van der Waals surface area (Å²) in [5.41, 5.74) is 9.78. The third-order valence-electron chi connectivity index (χ3n) is 3.59. The molecule has 0 saturated carbocycles. The van der Waals surface area contributed by atoms with Gasteiger partial charge < -0.3 is 11.1 Å². The van der Waals surface area contributed by atoms with Crippen LogP contribution in [0.1, 0.15) is 12.0 Å². The molecule has 0 aliphatic rings. The van der Waals surface area contributed by atoms with Crippen LogP contribution >= 0.6 is 0 Å². The summed E-state index contributed by atoms with van der Waals surface area (Å²) in [4.78, 5) is 9.27. The van der Waals surface area contributed by atoms with Gasteiger partial charge in [-0.3, -0.25) is 4.98 Å². The first-order chi connectivity index (χ1) is 10.8. The molecule has 0 spiro atoms. The Kier molecular flexibility index (Phi) is 4.30. The van der Waals surface area contributed by atoms with Gasteiger partial charge in [-0.25, -0.2) is 4.98 Å². The van der Waals surface area contributed by atoms with Crippen molar-refractivity contribution in [2.24, 2.45) is 5.73 Å². The van der Waals surface area contributed by atoms with Gasteiger partial charge in [0.25, 0.3) is 0 Å². The van der Waals surface area contributed by atoms with E-state index in [-0.39, 0.29) is 0 Å². The van der Waals surface area contributed by atoms with Gasteiger partial charge in [0, 0.05) is 23.7 Å². The van der Waals surface area contributed by atoms with Crippen LogP contribution in [0.15, 0.2) is 48.7 Å². The van der Waals surface area contributed by atoms with Crippen LogP contribution < -0.4 is 11.1 Å². The zero-order valence-electron chi connectivity index (χ0n) is 12.7. The second-order valence-corrected chi connectivity index (χ2v) is 5.36. The number of rotatable bonds is 5. The van der Waals surface area contributed by atoms with E-state index in [1.54, 1.807) is 0 Å². The zero-order chi connectivity index (χ0) is 15.4. The molecular formula is C18H20N4. The Hall–Kier alpha value is -2.46. The lowest BCUT2D eigenvalue weighted by Crippen LogP contribution is -2.10. The highest BCUT2D eigenvalue weighted by atomic mass is 15.0. The van der Waals surface area contributed by atoms with Gasteiger partial charge in [-0.2, -0.15) is 0 Å². The summed E-state index contributed by atoms with van der Waals surface area (Å²) in [6.07, 6.45) is 2.73. The van der Waals surface area contributed by atoms with Crippen LogP contribution in [0.5, 0.6) is 0 Å². The van der Waals surface area contributed by atoms with Crippen molar-refractivity contribution in [2.75, 3.05) is 18.4 Å². The Bertz CT molecular complexity index is 783. The van der Waals surface area contributed by atoms with Crippen molar-refractivity contribution in [3.05, 3.63) is 54.2 Å². The van der Waals surface area contributed by atoms with Gasteiger partial charge in [0.15, 0.2) is 0 Å². The molecule has 0 aliphatic heterocycles. The lowest BCUT2D eigenvalue weighted by atomic mass is 10.1. The molecule has 4 nitrogen and oxygen atoms in total. The number of nitrogens with two attached hydrogens (primary N) is 1. The summed E-state index contributed by atoms with van der Waals surface area (Å²) >= 11 is 0. The van der Waals surface area contributed by atoms with Gasteiger partial charge in [0.2, 0.25) is 0 Å². The smallest absolute Gasteiger partial charge is 0.136 e. The number of aryl methyl sites for hydroxylation is 1. The third kappa shape index (κ3) is 3.07. The normalized spacial score (nSPS) is 10.8. The molecule has 0 aliphatic carbocycles. The molecule has 0 radical (unpaired) electrons. The lowest BCUT2D eigenvalue weighted by molar-refractivity contribution is 0.871. The number of nitrogens with zero attached hydrogens (tertiary/aromatic N) is 2. The second-order valence-electron chi connectivity index (χ2n) is 5.36. The summed E-state index contributed by atoms with van der Waals surface area (Å²) < 4.78 is 0. The average Bonchev–Trinajstić information content (AvgIpc) is 2.55. The van der Waals surface area contributed by atoms with Crippen molar-refractivity contribution in [2.45, 2.75) is 13.3 Å². The Balaban J connectivity index is 2.07. The SMILES string of the molecule is Cc1cccc(-c2cc3ncccc3c(NCCCN)n2)c1. The number of hydrogen-bond acceptors (Lipinski definition) is 4. The molecule has 112 valence electrons. The van der Waals surface area contributed by atoms with E-state index in [0.717, 1.165) is 40.9 Å². The van der Waals surface area contributed by atoms with E-state index in [1.807, 2.05) is 24.4 Å². The number of fused-ring (bicyclic) bond motifs is 1. The average molecular weight is 292 g/mol. The number of nitrogens with one attached hydrogen (secondary N) is 1. The van der Waals surface area contributed by atoms with E-state index < -0.39 is 0 Å². The van der Waals surface area contributed by atoms with Crippen LogP contribution in [0.4, 0.5) is 5.82 Å². The lowest BCUT2D eigenvalue weighted by Gasteiger charge is -2.11. The molecule has 0 fully saturated rings. The molecule has 2 heterocycles. The van der Waals surface area contributed by atoms with Crippen molar-refractivity contribution in [3.8, 4) is 11.3 Å². The van der Waals surface area contributed by atoms with Gasteiger partial charge in [-0.15, -0.1) is 0 Å². The topological polar surface area (TPSA) is 63.8 Å². The maximum atomic E-state index is 5.57. The number of aromatic nitrogens is 2. The van der Waals surface area contributed by atoms with Crippen LogP contribution in [0, 0.1) is 6.92 Å². The fourth-order valence-corrected chi connectivity index (χ4v) is 2.47. The monoisotopic (exact) mass is 292 g/mol. The summed E-state index contributed by atoms with van der Waals surface area (Å²) in [5.74, 6) is 0.871. The fraction of sp³-hybridized carbons (Fsp3) is 0.222. The number of anilines is 1. The minimum Gasteiger partial charge on any atom is -0.369 e. The molecule has 3 rings (SSSR count). The first kappa shape index (κ1) is 14.5. The Morgan fingerprint density at radius 1 is 1.14 bits per heavy atom. The molecule has 0 amide bonds. The van der Waals surface area contributed by atoms with Crippen molar-refractivity contribution >= 4 is 16.7 Å². The van der Waals surface area contributed by atoms with Crippen LogP contribution in [0.25, 0.3) is 22.2 Å². The summed E-state index contributed by atoms with van der Waals surface area (Å²) in [6.45, 7) is 3.56. The van der Waals surface area contributed by atoms with E-state index in [2.05, 4.69) is 41.5 Å². The molecule has 2 aromatic heterocycles. The highest BCUT2D eigenvalue weighted by molar-refractivity contribution is 5.91. The molecule has 0 bridgehead atoms. The molecule has 0 atom stereocenters. The summed E-state index contributed by atoms with van der Waals surface area (Å²) in [7, 11) is 0. The Morgan fingerprint density at radius 2 is 2.05 bits per heavy atom. The summed E-state index contributed by atoms with van der Waals surface area (Å²) in [5, 5.41) is 4.42. The van der Waals surface area contributed by atoms with Crippen molar-refractivity contribution < 1.29 is 0 Å². The second kappa shape index (κ2) is 6.54. The van der Waals surface area contributed by atoms with Crippen molar-refractivity contribution in [1.29, 1.82) is 0 Å². The number of hydrogen-bond donors (Lipinski definition) is 2. The number of pyridine rings is 2. The standard InChI is InChI=1S/C18H20N4/c1-13-5-2-6-14(11-13)16-12-17-15(7-3-9-20-17)18(22-16)21-10-4-8-19/h2-3,5-7,9,11-12H,4,8,10,19H2,1H3,(H,21,22). The van der Waals surface area contributed by atoms with E-state index >= 15 is 0 Å². The Morgan fingerprint density at radius 3 is 2.86 bits per heavy atom. The van der Waals surface area contributed by atoms with Gasteiger partial charge in [-0.1, -0.05) is 23.8 Å². The van der Waals surface area contributed by atoms with Crippen molar-refractivity contribution in [1.82, 2.24) is 9.97 Å². The predicted molar refractivity (Wildman–Crippen MR) is 91.9 cm³/mol. The van der Waals surface area contributed by atoms with Crippen LogP contribution in [0.2, 0.25) is 0 Å². The van der Waals surface area contributed by atoms with Crippen LogP contribution in [0.3, 0.4) is 0 Å².